The van der Waals surface area contributed by atoms with Crippen molar-refractivity contribution < 1.29 is 0 Å². The van der Waals surface area contributed by atoms with Gasteiger partial charge in [0.2, 0.25) is 0 Å². The number of unbranched alkanes of at least 4 members (excludes halogenated alkanes) is 7. The molecule has 0 aliphatic heterocycles. The minimum Gasteiger partial charge on any atom is -0.299 e. The Labute approximate surface area is 116 Å². The van der Waals surface area contributed by atoms with Crippen molar-refractivity contribution in [2.24, 2.45) is 0 Å². The van der Waals surface area contributed by atoms with Gasteiger partial charge >= 0.3 is 0 Å². The molecule has 0 bridgehead atoms. The predicted octanol–water partition coefficient (Wildman–Crippen LogP) is 5.64. The van der Waals surface area contributed by atoms with E-state index in [1.807, 2.05) is 0 Å². The Kier molecular flexibility index (Phi) is 10.8. The summed E-state index contributed by atoms with van der Waals surface area (Å²) in [5.41, 5.74) is 0.395. The Morgan fingerprint density at radius 1 is 0.667 bits per heavy atom. The van der Waals surface area contributed by atoms with Crippen molar-refractivity contribution in [2.45, 2.75) is 97.9 Å². The summed E-state index contributed by atoms with van der Waals surface area (Å²) in [6, 6.07) is 0. The van der Waals surface area contributed by atoms with Crippen LogP contribution < -0.4 is 0 Å². The molecule has 0 radical (unpaired) electrons. The van der Waals surface area contributed by atoms with E-state index in [0.717, 1.165) is 0 Å². The maximum atomic E-state index is 2.59. The first-order chi connectivity index (χ1) is 8.58. The van der Waals surface area contributed by atoms with Crippen LogP contribution in [0.15, 0.2) is 0 Å². The maximum Gasteiger partial charge on any atom is 0.0153 e. The van der Waals surface area contributed by atoms with E-state index >= 15 is 0 Å². The molecule has 1 heteroatoms. The Morgan fingerprint density at radius 2 is 1.11 bits per heavy atom. The van der Waals surface area contributed by atoms with E-state index in [4.69, 9.17) is 0 Å². The van der Waals surface area contributed by atoms with Crippen molar-refractivity contribution in [3.63, 3.8) is 0 Å². The predicted molar refractivity (Wildman–Crippen MR) is 84.2 cm³/mol. The Morgan fingerprint density at radius 3 is 1.56 bits per heavy atom. The Balaban J connectivity index is 3.52. The number of hydrogen-bond donors (Lipinski definition) is 0. The molecular weight excluding hydrogens is 218 g/mol. The van der Waals surface area contributed by atoms with E-state index in [2.05, 4.69) is 39.5 Å². The highest BCUT2D eigenvalue weighted by molar-refractivity contribution is 4.79. The van der Waals surface area contributed by atoms with Gasteiger partial charge in [0.05, 0.1) is 0 Å². The average molecular weight is 255 g/mol. The molecule has 0 amide bonds. The van der Waals surface area contributed by atoms with Crippen LogP contribution in [0.25, 0.3) is 0 Å². The standard InChI is InChI=1S/C17H37N/c1-6-9-10-11-12-13-14-15-16-17(4,5)18(7-2)8-3/h6-16H2,1-5H3. The van der Waals surface area contributed by atoms with Crippen molar-refractivity contribution in [2.75, 3.05) is 13.1 Å². The largest absolute Gasteiger partial charge is 0.299 e. The fourth-order valence-corrected chi connectivity index (χ4v) is 2.93. The van der Waals surface area contributed by atoms with Crippen LogP contribution in [0.5, 0.6) is 0 Å². The minimum absolute atomic E-state index is 0.395. The third-order valence-corrected chi connectivity index (χ3v) is 4.26. The van der Waals surface area contributed by atoms with E-state index in [0.29, 0.717) is 5.54 Å². The van der Waals surface area contributed by atoms with Crippen LogP contribution in [0.4, 0.5) is 0 Å². The third kappa shape index (κ3) is 8.13. The zero-order valence-electron chi connectivity index (χ0n) is 13.7. The molecule has 0 unspecified atom stereocenters. The van der Waals surface area contributed by atoms with Crippen LogP contribution >= 0.6 is 0 Å². The lowest BCUT2D eigenvalue weighted by Crippen LogP contribution is -2.43. The first-order valence-electron chi connectivity index (χ1n) is 8.33. The molecule has 0 saturated carbocycles. The molecule has 0 fully saturated rings. The van der Waals surface area contributed by atoms with Crippen molar-refractivity contribution >= 4 is 0 Å². The normalized spacial score (nSPS) is 12.3. The molecule has 0 spiro atoms. The van der Waals surface area contributed by atoms with Crippen LogP contribution in [-0.2, 0) is 0 Å². The number of nitrogens with zero attached hydrogens (tertiary/aromatic N) is 1. The molecule has 0 aromatic rings. The second-order valence-electron chi connectivity index (χ2n) is 6.21. The fourth-order valence-electron chi connectivity index (χ4n) is 2.93. The molecule has 0 aliphatic rings. The second-order valence-corrected chi connectivity index (χ2v) is 6.21. The van der Waals surface area contributed by atoms with E-state index in [-0.39, 0.29) is 0 Å². The highest BCUT2D eigenvalue weighted by atomic mass is 15.2. The highest BCUT2D eigenvalue weighted by Gasteiger charge is 2.23. The molecule has 0 N–H and O–H groups in total. The third-order valence-electron chi connectivity index (χ3n) is 4.26. The average Bonchev–Trinajstić information content (AvgIpc) is 2.33. The van der Waals surface area contributed by atoms with E-state index in [1.165, 1.54) is 70.9 Å². The summed E-state index contributed by atoms with van der Waals surface area (Å²) in [7, 11) is 0. The first kappa shape index (κ1) is 18.0. The molecule has 0 aromatic heterocycles. The zero-order chi connectivity index (χ0) is 13.9. The van der Waals surface area contributed by atoms with Crippen LogP contribution in [-0.4, -0.2) is 23.5 Å². The van der Waals surface area contributed by atoms with Gasteiger partial charge in [-0.1, -0.05) is 72.1 Å². The van der Waals surface area contributed by atoms with Gasteiger partial charge in [-0.15, -0.1) is 0 Å². The molecule has 0 aromatic carbocycles. The van der Waals surface area contributed by atoms with Gasteiger partial charge in [-0.3, -0.25) is 4.90 Å². The lowest BCUT2D eigenvalue weighted by atomic mass is 9.94. The van der Waals surface area contributed by atoms with Gasteiger partial charge in [0.1, 0.15) is 0 Å². The van der Waals surface area contributed by atoms with Crippen LogP contribution in [0, 0.1) is 0 Å². The van der Waals surface area contributed by atoms with Crippen LogP contribution in [0.1, 0.15) is 92.4 Å². The van der Waals surface area contributed by atoms with Gasteiger partial charge in [0.25, 0.3) is 0 Å². The molecule has 0 rings (SSSR count). The smallest absolute Gasteiger partial charge is 0.0153 e. The SMILES string of the molecule is CCCCCCCCCCC(C)(C)N(CC)CC. The highest BCUT2D eigenvalue weighted by Crippen LogP contribution is 2.22. The van der Waals surface area contributed by atoms with Crippen LogP contribution in [0.2, 0.25) is 0 Å². The second kappa shape index (κ2) is 10.8. The maximum absolute atomic E-state index is 2.59. The van der Waals surface area contributed by atoms with Gasteiger partial charge in [0.15, 0.2) is 0 Å². The fraction of sp³-hybridized carbons (Fsp3) is 1.00. The molecular formula is C17H37N. The lowest BCUT2D eigenvalue weighted by Gasteiger charge is -2.37. The summed E-state index contributed by atoms with van der Waals surface area (Å²) < 4.78 is 0. The summed E-state index contributed by atoms with van der Waals surface area (Å²) in [6.45, 7) is 14.0. The summed E-state index contributed by atoms with van der Waals surface area (Å²) in [6.07, 6.45) is 12.8. The van der Waals surface area contributed by atoms with Crippen molar-refractivity contribution in [3.05, 3.63) is 0 Å². The lowest BCUT2D eigenvalue weighted by molar-refractivity contribution is 0.122. The van der Waals surface area contributed by atoms with Gasteiger partial charge in [0, 0.05) is 5.54 Å². The quantitative estimate of drug-likeness (QED) is 0.408. The van der Waals surface area contributed by atoms with Crippen LogP contribution in [0.3, 0.4) is 0 Å². The van der Waals surface area contributed by atoms with Gasteiger partial charge < -0.3 is 0 Å². The molecule has 18 heavy (non-hydrogen) atoms. The number of hydrogen-bond acceptors (Lipinski definition) is 1. The molecule has 0 saturated heterocycles. The monoisotopic (exact) mass is 255 g/mol. The van der Waals surface area contributed by atoms with E-state index in [1.54, 1.807) is 0 Å². The topological polar surface area (TPSA) is 3.24 Å². The summed E-state index contributed by atoms with van der Waals surface area (Å²) in [5.74, 6) is 0. The van der Waals surface area contributed by atoms with Crippen molar-refractivity contribution in [3.8, 4) is 0 Å². The molecule has 1 nitrogen and oxygen atoms in total. The Hall–Kier alpha value is -0.0400. The van der Waals surface area contributed by atoms with Gasteiger partial charge in [-0.25, -0.2) is 0 Å². The molecule has 0 aliphatic carbocycles. The van der Waals surface area contributed by atoms with Crippen molar-refractivity contribution in [1.29, 1.82) is 0 Å². The Bertz CT molecular complexity index is 170. The van der Waals surface area contributed by atoms with Gasteiger partial charge in [-0.2, -0.15) is 0 Å². The molecule has 0 heterocycles. The summed E-state index contributed by atoms with van der Waals surface area (Å²) >= 11 is 0. The van der Waals surface area contributed by atoms with E-state index in [9.17, 15) is 0 Å². The van der Waals surface area contributed by atoms with Crippen molar-refractivity contribution in [1.82, 2.24) is 4.90 Å². The number of rotatable bonds is 12. The van der Waals surface area contributed by atoms with E-state index < -0.39 is 0 Å². The van der Waals surface area contributed by atoms with Gasteiger partial charge in [-0.05, 0) is 33.4 Å². The minimum atomic E-state index is 0.395. The zero-order valence-corrected chi connectivity index (χ0v) is 13.7. The summed E-state index contributed by atoms with van der Waals surface area (Å²) in [4.78, 5) is 2.59. The summed E-state index contributed by atoms with van der Waals surface area (Å²) in [5, 5.41) is 0. The molecule has 0 atom stereocenters. The molecule has 110 valence electrons. The first-order valence-corrected chi connectivity index (χ1v) is 8.33.